The summed E-state index contributed by atoms with van der Waals surface area (Å²) in [4.78, 5) is 10.4. The van der Waals surface area contributed by atoms with Gasteiger partial charge in [0, 0.05) is 0 Å². The van der Waals surface area contributed by atoms with E-state index in [4.69, 9.17) is 5.11 Å². The molecule has 0 saturated heterocycles. The summed E-state index contributed by atoms with van der Waals surface area (Å²) in [7, 11) is 0. The van der Waals surface area contributed by atoms with Gasteiger partial charge >= 0.3 is 5.97 Å². The van der Waals surface area contributed by atoms with Crippen LogP contribution in [0, 0.1) is 13.8 Å². The molecule has 1 atom stereocenters. The van der Waals surface area contributed by atoms with Gasteiger partial charge in [-0.15, -0.1) is 0 Å². The average Bonchev–Trinajstić information content (AvgIpc) is 2.08. The van der Waals surface area contributed by atoms with Crippen LogP contribution in [0.4, 0.5) is 0 Å². The number of rotatable bonds is 3. The van der Waals surface area contributed by atoms with Crippen molar-refractivity contribution in [2.75, 3.05) is 0 Å². The lowest BCUT2D eigenvalue weighted by Gasteiger charge is -2.12. The molecule has 0 spiro atoms. The van der Waals surface area contributed by atoms with Gasteiger partial charge in [-0.2, -0.15) is 0 Å². The third-order valence-corrected chi connectivity index (χ3v) is 2.16. The van der Waals surface area contributed by atoms with Crippen molar-refractivity contribution in [2.24, 2.45) is 0 Å². The summed E-state index contributed by atoms with van der Waals surface area (Å²) in [6.45, 7) is 3.77. The fourth-order valence-electron chi connectivity index (χ4n) is 1.39. The van der Waals surface area contributed by atoms with Crippen LogP contribution in [-0.2, 0) is 4.79 Å². The lowest BCUT2D eigenvalue weighted by atomic mass is 9.99. The number of carbonyl (C=O) groups is 1. The molecule has 2 N–H and O–H groups in total. The average molecular weight is 194 g/mol. The van der Waals surface area contributed by atoms with Crippen LogP contribution >= 0.6 is 0 Å². The van der Waals surface area contributed by atoms with E-state index in [2.05, 4.69) is 0 Å². The molecule has 0 aliphatic rings. The summed E-state index contributed by atoms with van der Waals surface area (Å²) in [6, 6.07) is 5.64. The van der Waals surface area contributed by atoms with Crippen LogP contribution in [0.2, 0.25) is 0 Å². The summed E-state index contributed by atoms with van der Waals surface area (Å²) in [5.74, 6) is -0.988. The highest BCUT2D eigenvalue weighted by Crippen LogP contribution is 2.21. The van der Waals surface area contributed by atoms with Gasteiger partial charge in [-0.3, -0.25) is 4.79 Å². The molecule has 1 rings (SSSR count). The molecule has 0 heterocycles. The highest BCUT2D eigenvalue weighted by Gasteiger charge is 2.13. The molecule has 0 aromatic heterocycles. The Hall–Kier alpha value is -1.35. The second-order valence-electron chi connectivity index (χ2n) is 3.47. The van der Waals surface area contributed by atoms with Gasteiger partial charge in [0.15, 0.2) is 0 Å². The summed E-state index contributed by atoms with van der Waals surface area (Å²) in [5.41, 5.74) is 2.65. The number of carboxylic acids is 1. The zero-order chi connectivity index (χ0) is 10.7. The van der Waals surface area contributed by atoms with Crippen molar-refractivity contribution in [3.05, 3.63) is 34.9 Å². The highest BCUT2D eigenvalue weighted by molar-refractivity contribution is 5.67. The van der Waals surface area contributed by atoms with Crippen LogP contribution in [0.25, 0.3) is 0 Å². The summed E-state index contributed by atoms with van der Waals surface area (Å²) in [6.07, 6.45) is -1.16. The minimum absolute atomic E-state index is 0.246. The molecule has 0 aliphatic carbocycles. The number of benzene rings is 1. The van der Waals surface area contributed by atoms with Crippen molar-refractivity contribution in [1.82, 2.24) is 0 Å². The molecule has 0 saturated carbocycles. The van der Waals surface area contributed by atoms with E-state index in [9.17, 15) is 9.90 Å². The van der Waals surface area contributed by atoms with Crippen molar-refractivity contribution in [1.29, 1.82) is 0 Å². The number of aryl methyl sites for hydroxylation is 2. The second-order valence-corrected chi connectivity index (χ2v) is 3.47. The van der Waals surface area contributed by atoms with E-state index in [0.717, 1.165) is 11.1 Å². The number of carboxylic acid groups (broad SMARTS) is 1. The molecule has 0 bridgehead atoms. The molecule has 0 amide bonds. The maximum atomic E-state index is 10.4. The lowest BCUT2D eigenvalue weighted by Crippen LogP contribution is -2.07. The van der Waals surface area contributed by atoms with Gasteiger partial charge in [-0.25, -0.2) is 0 Å². The van der Waals surface area contributed by atoms with Crippen LogP contribution in [0.15, 0.2) is 18.2 Å². The molecule has 1 aromatic carbocycles. The highest BCUT2D eigenvalue weighted by atomic mass is 16.4. The van der Waals surface area contributed by atoms with Crippen molar-refractivity contribution in [3.8, 4) is 0 Å². The van der Waals surface area contributed by atoms with Gasteiger partial charge < -0.3 is 10.2 Å². The summed E-state index contributed by atoms with van der Waals surface area (Å²) >= 11 is 0. The number of hydrogen-bond donors (Lipinski definition) is 2. The van der Waals surface area contributed by atoms with Gasteiger partial charge in [0.1, 0.15) is 0 Å². The van der Waals surface area contributed by atoms with E-state index in [1.54, 1.807) is 0 Å². The first kappa shape index (κ1) is 10.7. The van der Waals surface area contributed by atoms with E-state index >= 15 is 0 Å². The van der Waals surface area contributed by atoms with Crippen LogP contribution in [0.3, 0.4) is 0 Å². The van der Waals surface area contributed by atoms with Crippen LogP contribution in [0.5, 0.6) is 0 Å². The Morgan fingerprint density at radius 3 is 2.64 bits per heavy atom. The lowest BCUT2D eigenvalue weighted by molar-refractivity contribution is -0.139. The molecule has 1 aromatic rings. The summed E-state index contributed by atoms with van der Waals surface area (Å²) in [5, 5.41) is 18.2. The zero-order valence-corrected chi connectivity index (χ0v) is 8.32. The summed E-state index contributed by atoms with van der Waals surface area (Å²) < 4.78 is 0. The fourth-order valence-corrected chi connectivity index (χ4v) is 1.39. The molecule has 1 unspecified atom stereocenters. The maximum absolute atomic E-state index is 10.4. The largest absolute Gasteiger partial charge is 0.481 e. The van der Waals surface area contributed by atoms with E-state index in [0.29, 0.717) is 5.56 Å². The predicted molar refractivity (Wildman–Crippen MR) is 53.1 cm³/mol. The Balaban J connectivity index is 2.93. The predicted octanol–water partition coefficient (Wildman–Crippen LogP) is 1.81. The second kappa shape index (κ2) is 4.24. The standard InChI is InChI=1S/C11H14O3/c1-7-3-4-8(2)9(5-7)10(12)6-11(13)14/h3-5,10,12H,6H2,1-2H3,(H,13,14). The fraction of sp³-hybridized carbons (Fsp3) is 0.364. The van der Waals surface area contributed by atoms with Gasteiger partial charge in [0.25, 0.3) is 0 Å². The molecule has 0 fully saturated rings. The van der Waals surface area contributed by atoms with E-state index in [-0.39, 0.29) is 6.42 Å². The Labute approximate surface area is 83.0 Å². The smallest absolute Gasteiger partial charge is 0.306 e. The van der Waals surface area contributed by atoms with E-state index in [1.165, 1.54) is 0 Å². The van der Waals surface area contributed by atoms with Crippen molar-refractivity contribution < 1.29 is 15.0 Å². The zero-order valence-electron chi connectivity index (χ0n) is 8.32. The molecular formula is C11H14O3. The molecule has 3 nitrogen and oxygen atoms in total. The monoisotopic (exact) mass is 194 g/mol. The maximum Gasteiger partial charge on any atom is 0.306 e. The van der Waals surface area contributed by atoms with Gasteiger partial charge in [0.2, 0.25) is 0 Å². The van der Waals surface area contributed by atoms with Crippen molar-refractivity contribution in [3.63, 3.8) is 0 Å². The third kappa shape index (κ3) is 2.57. The Morgan fingerprint density at radius 1 is 1.43 bits per heavy atom. The Morgan fingerprint density at radius 2 is 2.07 bits per heavy atom. The number of hydrogen-bond acceptors (Lipinski definition) is 2. The van der Waals surface area contributed by atoms with Gasteiger partial charge in [-0.05, 0) is 25.0 Å². The molecule has 0 radical (unpaired) electrons. The first-order valence-corrected chi connectivity index (χ1v) is 4.47. The number of aliphatic hydroxyl groups is 1. The quantitative estimate of drug-likeness (QED) is 0.771. The first-order chi connectivity index (χ1) is 6.50. The van der Waals surface area contributed by atoms with Gasteiger partial charge in [0.05, 0.1) is 12.5 Å². The molecule has 14 heavy (non-hydrogen) atoms. The molecule has 0 aliphatic heterocycles. The van der Waals surface area contributed by atoms with Crippen molar-refractivity contribution in [2.45, 2.75) is 26.4 Å². The van der Waals surface area contributed by atoms with Crippen LogP contribution < -0.4 is 0 Å². The van der Waals surface area contributed by atoms with E-state index in [1.807, 2.05) is 32.0 Å². The SMILES string of the molecule is Cc1ccc(C)c(C(O)CC(=O)O)c1. The normalized spacial score (nSPS) is 12.5. The van der Waals surface area contributed by atoms with Crippen molar-refractivity contribution >= 4 is 5.97 Å². The topological polar surface area (TPSA) is 57.5 Å². The van der Waals surface area contributed by atoms with E-state index < -0.39 is 12.1 Å². The molecule has 76 valence electrons. The minimum atomic E-state index is -0.988. The van der Waals surface area contributed by atoms with Gasteiger partial charge in [-0.1, -0.05) is 23.8 Å². The Kier molecular flexibility index (Phi) is 3.25. The first-order valence-electron chi connectivity index (χ1n) is 4.47. The van der Waals surface area contributed by atoms with Crippen LogP contribution in [-0.4, -0.2) is 16.2 Å². The third-order valence-electron chi connectivity index (χ3n) is 2.16. The van der Waals surface area contributed by atoms with Crippen LogP contribution in [0.1, 0.15) is 29.2 Å². The molecule has 3 heteroatoms. The minimum Gasteiger partial charge on any atom is -0.481 e. The Bertz CT molecular complexity index is 344. The number of aliphatic carboxylic acids is 1. The number of aliphatic hydroxyl groups excluding tert-OH is 1. The molecular weight excluding hydrogens is 180 g/mol.